The van der Waals surface area contributed by atoms with E-state index in [2.05, 4.69) is 14.7 Å². The Balaban J connectivity index is 2.02. The lowest BCUT2D eigenvalue weighted by Gasteiger charge is -2.07. The number of aromatic nitrogens is 2. The fraction of sp³-hybridized carbons (Fsp3) is 0. The molecule has 0 unspecified atom stereocenters. The maximum atomic E-state index is 12.2. The van der Waals surface area contributed by atoms with Crippen LogP contribution in [0.4, 0.5) is 5.69 Å². The molecular formula is C12H9N3O4S. The van der Waals surface area contributed by atoms with Gasteiger partial charge in [-0.1, -0.05) is 0 Å². The predicted octanol–water partition coefficient (Wildman–Crippen LogP) is 1.32. The van der Waals surface area contributed by atoms with E-state index in [0.717, 1.165) is 0 Å². The number of hydrogen-bond donors (Lipinski definition) is 2. The molecular weight excluding hydrogens is 282 g/mol. The Morgan fingerprint density at radius 2 is 2.10 bits per heavy atom. The number of anilines is 1. The molecule has 0 atom stereocenters. The van der Waals surface area contributed by atoms with Crippen LogP contribution in [0.3, 0.4) is 0 Å². The van der Waals surface area contributed by atoms with Crippen molar-refractivity contribution in [2.45, 2.75) is 4.90 Å². The fourth-order valence-electron chi connectivity index (χ4n) is 1.74. The van der Waals surface area contributed by atoms with Crippen molar-refractivity contribution in [3.63, 3.8) is 0 Å². The van der Waals surface area contributed by atoms with Gasteiger partial charge in [-0.3, -0.25) is 14.7 Å². The van der Waals surface area contributed by atoms with Gasteiger partial charge in [0.2, 0.25) is 0 Å². The van der Waals surface area contributed by atoms with Crippen LogP contribution in [0, 0.1) is 0 Å². The minimum absolute atomic E-state index is 0.0194. The highest BCUT2D eigenvalue weighted by Crippen LogP contribution is 2.19. The summed E-state index contributed by atoms with van der Waals surface area (Å²) in [6.45, 7) is 0. The highest BCUT2D eigenvalue weighted by Gasteiger charge is 2.15. The van der Waals surface area contributed by atoms with Crippen molar-refractivity contribution in [3.05, 3.63) is 53.3 Å². The lowest BCUT2D eigenvalue weighted by molar-refractivity contribution is 0.555. The third kappa shape index (κ3) is 2.28. The number of rotatable bonds is 3. The highest BCUT2D eigenvalue weighted by atomic mass is 32.2. The number of H-pyrrole nitrogens is 1. The fourth-order valence-corrected chi connectivity index (χ4v) is 2.80. The first-order valence-electron chi connectivity index (χ1n) is 5.60. The minimum atomic E-state index is -3.75. The molecule has 0 amide bonds. The number of sulfonamides is 1. The summed E-state index contributed by atoms with van der Waals surface area (Å²) in [6, 6.07) is 7.32. The second-order valence-corrected chi connectivity index (χ2v) is 5.70. The van der Waals surface area contributed by atoms with Gasteiger partial charge in [-0.2, -0.15) is 0 Å². The molecule has 0 bridgehead atoms. The number of nitrogens with one attached hydrogen (secondary N) is 2. The number of fused-ring (bicyclic) bond motifs is 1. The van der Waals surface area contributed by atoms with Crippen LogP contribution in [0.1, 0.15) is 0 Å². The maximum Gasteiger partial charge on any atom is 0.417 e. The Morgan fingerprint density at radius 3 is 2.85 bits per heavy atom. The summed E-state index contributed by atoms with van der Waals surface area (Å²) in [5, 5.41) is 0. The van der Waals surface area contributed by atoms with Crippen LogP contribution in [0.5, 0.6) is 0 Å². The van der Waals surface area contributed by atoms with Crippen LogP contribution >= 0.6 is 0 Å². The van der Waals surface area contributed by atoms with Crippen LogP contribution in [-0.2, 0) is 10.0 Å². The number of pyridine rings is 1. The van der Waals surface area contributed by atoms with E-state index < -0.39 is 15.8 Å². The third-order valence-electron chi connectivity index (χ3n) is 2.61. The van der Waals surface area contributed by atoms with Gasteiger partial charge in [0, 0.05) is 6.20 Å². The van der Waals surface area contributed by atoms with Gasteiger partial charge in [-0.25, -0.2) is 13.2 Å². The van der Waals surface area contributed by atoms with E-state index >= 15 is 0 Å². The molecule has 102 valence electrons. The molecule has 2 heterocycles. The Labute approximate surface area is 113 Å². The van der Waals surface area contributed by atoms with E-state index in [1.165, 1.54) is 24.4 Å². The first-order valence-corrected chi connectivity index (χ1v) is 7.09. The molecule has 0 aliphatic rings. The van der Waals surface area contributed by atoms with Crippen molar-refractivity contribution in [3.8, 4) is 0 Å². The Kier molecular flexibility index (Phi) is 2.79. The monoisotopic (exact) mass is 291 g/mol. The lowest BCUT2D eigenvalue weighted by atomic mass is 10.3. The number of aromatic amines is 1. The van der Waals surface area contributed by atoms with Gasteiger partial charge in [0.15, 0.2) is 5.58 Å². The van der Waals surface area contributed by atoms with Crippen molar-refractivity contribution in [2.24, 2.45) is 0 Å². The summed E-state index contributed by atoms with van der Waals surface area (Å²) in [6.07, 6.45) is 2.94. The molecule has 2 N–H and O–H groups in total. The zero-order valence-corrected chi connectivity index (χ0v) is 10.8. The molecule has 0 saturated heterocycles. The van der Waals surface area contributed by atoms with E-state index in [9.17, 15) is 13.2 Å². The minimum Gasteiger partial charge on any atom is -0.408 e. The van der Waals surface area contributed by atoms with E-state index in [0.29, 0.717) is 16.8 Å². The van der Waals surface area contributed by atoms with Gasteiger partial charge in [0.1, 0.15) is 0 Å². The smallest absolute Gasteiger partial charge is 0.408 e. The van der Waals surface area contributed by atoms with E-state index in [1.807, 2.05) is 0 Å². The van der Waals surface area contributed by atoms with E-state index in [4.69, 9.17) is 4.42 Å². The largest absolute Gasteiger partial charge is 0.417 e. The predicted molar refractivity (Wildman–Crippen MR) is 71.9 cm³/mol. The summed E-state index contributed by atoms with van der Waals surface area (Å²) in [5.74, 6) is -0.630. The maximum absolute atomic E-state index is 12.2. The van der Waals surface area contributed by atoms with E-state index in [-0.39, 0.29) is 4.90 Å². The molecule has 0 radical (unpaired) electrons. The van der Waals surface area contributed by atoms with Crippen molar-refractivity contribution in [1.82, 2.24) is 9.97 Å². The van der Waals surface area contributed by atoms with Gasteiger partial charge >= 0.3 is 5.76 Å². The average Bonchev–Trinajstić information content (AvgIpc) is 2.78. The molecule has 0 aliphatic heterocycles. The first-order chi connectivity index (χ1) is 9.54. The second-order valence-electron chi connectivity index (χ2n) is 4.02. The summed E-state index contributed by atoms with van der Waals surface area (Å²) in [7, 11) is -3.75. The number of benzene rings is 1. The summed E-state index contributed by atoms with van der Waals surface area (Å²) >= 11 is 0. The number of nitrogens with zero attached hydrogens (tertiary/aromatic N) is 1. The first kappa shape index (κ1) is 12.4. The molecule has 7 nitrogen and oxygen atoms in total. The van der Waals surface area contributed by atoms with Crippen LogP contribution in [0.15, 0.2) is 56.8 Å². The molecule has 0 fully saturated rings. The van der Waals surface area contributed by atoms with Gasteiger partial charge in [-0.05, 0) is 30.3 Å². The SMILES string of the molecule is O=c1[nH]c2cc(S(=O)(=O)Nc3cccnc3)ccc2o1. The van der Waals surface area contributed by atoms with Crippen molar-refractivity contribution >= 4 is 26.8 Å². The molecule has 3 aromatic rings. The summed E-state index contributed by atoms with van der Waals surface area (Å²) in [5.41, 5.74) is 0.979. The number of hydrogen-bond acceptors (Lipinski definition) is 5. The molecule has 3 rings (SSSR count). The molecule has 0 aliphatic carbocycles. The quantitative estimate of drug-likeness (QED) is 0.757. The number of oxazole rings is 1. The zero-order chi connectivity index (χ0) is 14.2. The summed E-state index contributed by atoms with van der Waals surface area (Å²) < 4.78 is 31.6. The van der Waals surface area contributed by atoms with Crippen molar-refractivity contribution in [2.75, 3.05) is 4.72 Å². The van der Waals surface area contributed by atoms with Gasteiger partial charge in [0.05, 0.1) is 22.3 Å². The lowest BCUT2D eigenvalue weighted by Crippen LogP contribution is -2.12. The Bertz CT molecular complexity index is 913. The zero-order valence-electron chi connectivity index (χ0n) is 10.0. The highest BCUT2D eigenvalue weighted by molar-refractivity contribution is 7.92. The van der Waals surface area contributed by atoms with Crippen molar-refractivity contribution in [1.29, 1.82) is 0 Å². The molecule has 0 saturated carbocycles. The van der Waals surface area contributed by atoms with Gasteiger partial charge in [0.25, 0.3) is 10.0 Å². The standard InChI is InChI=1S/C12H9N3O4S/c16-12-14-10-6-9(3-4-11(10)19-12)20(17,18)15-8-2-1-5-13-7-8/h1-7,15H,(H,14,16). The van der Waals surface area contributed by atoms with Gasteiger partial charge < -0.3 is 4.42 Å². The normalized spacial score (nSPS) is 11.6. The summed E-state index contributed by atoms with van der Waals surface area (Å²) in [4.78, 5) is 17.3. The van der Waals surface area contributed by atoms with Crippen LogP contribution in [-0.4, -0.2) is 18.4 Å². The molecule has 2 aromatic heterocycles. The molecule has 8 heteroatoms. The molecule has 20 heavy (non-hydrogen) atoms. The Hall–Kier alpha value is -2.61. The molecule has 0 spiro atoms. The Morgan fingerprint density at radius 1 is 1.25 bits per heavy atom. The second kappa shape index (κ2) is 4.49. The molecule has 1 aromatic carbocycles. The van der Waals surface area contributed by atoms with Gasteiger partial charge in [-0.15, -0.1) is 0 Å². The topological polar surface area (TPSA) is 105 Å². The van der Waals surface area contributed by atoms with Crippen LogP contribution < -0.4 is 10.5 Å². The van der Waals surface area contributed by atoms with Crippen LogP contribution in [0.25, 0.3) is 11.1 Å². The average molecular weight is 291 g/mol. The van der Waals surface area contributed by atoms with E-state index in [1.54, 1.807) is 18.3 Å². The van der Waals surface area contributed by atoms with Crippen molar-refractivity contribution < 1.29 is 12.8 Å². The van der Waals surface area contributed by atoms with Crippen LogP contribution in [0.2, 0.25) is 0 Å². The third-order valence-corrected chi connectivity index (χ3v) is 3.99.